The molecule has 8 heteroatoms. The Morgan fingerprint density at radius 2 is 2.32 bits per heavy atom. The second-order valence-electron chi connectivity index (χ2n) is 5.89. The van der Waals surface area contributed by atoms with E-state index in [1.165, 1.54) is 4.90 Å². The van der Waals surface area contributed by atoms with Crippen molar-refractivity contribution in [2.24, 2.45) is 4.99 Å². The minimum Gasteiger partial charge on any atom is -0.354 e. The average molecular weight is 458 g/mol. The lowest BCUT2D eigenvalue weighted by atomic mass is 10.3. The summed E-state index contributed by atoms with van der Waals surface area (Å²) in [5.74, 6) is 1.59. The van der Waals surface area contributed by atoms with Gasteiger partial charge in [0.2, 0.25) is 5.91 Å². The van der Waals surface area contributed by atoms with Gasteiger partial charge in [0.15, 0.2) is 5.96 Å². The van der Waals surface area contributed by atoms with Gasteiger partial charge in [-0.05, 0) is 18.6 Å². The largest absolute Gasteiger partial charge is 0.354 e. The van der Waals surface area contributed by atoms with Crippen molar-refractivity contribution in [2.75, 3.05) is 45.2 Å². The lowest BCUT2D eigenvalue weighted by Gasteiger charge is -2.19. The summed E-state index contributed by atoms with van der Waals surface area (Å²) >= 11 is 0. The summed E-state index contributed by atoms with van der Waals surface area (Å²) in [6, 6.07) is 6.19. The number of aromatic nitrogens is 1. The number of hydrogen-bond acceptors (Lipinski definition) is 4. The van der Waals surface area contributed by atoms with E-state index >= 15 is 0 Å². The zero-order valence-electron chi connectivity index (χ0n) is 14.8. The Hall–Kier alpha value is -1.84. The van der Waals surface area contributed by atoms with Crippen LogP contribution < -0.4 is 15.5 Å². The number of rotatable bonds is 6. The number of anilines is 1. The second kappa shape index (κ2) is 10.9. The minimum absolute atomic E-state index is 0. The average Bonchev–Trinajstić information content (AvgIpc) is 3.06. The van der Waals surface area contributed by atoms with E-state index in [1.54, 1.807) is 20.2 Å². The first-order valence-electron chi connectivity index (χ1n) is 8.12. The van der Waals surface area contributed by atoms with Crippen LogP contribution in [0.4, 0.5) is 5.82 Å². The number of likely N-dealkylation sites (N-methyl/N-ethyl adjacent to an activating group) is 1. The predicted molar refractivity (Wildman–Crippen MR) is 113 cm³/mol. The Bertz CT molecular complexity index is 578. The molecule has 2 rings (SSSR count). The summed E-state index contributed by atoms with van der Waals surface area (Å²) in [5.41, 5.74) is 0. The van der Waals surface area contributed by atoms with Crippen LogP contribution in [0, 0.1) is 0 Å². The van der Waals surface area contributed by atoms with Gasteiger partial charge in [-0.1, -0.05) is 12.1 Å². The first-order valence-corrected chi connectivity index (χ1v) is 8.12. The van der Waals surface area contributed by atoms with Gasteiger partial charge in [-0.25, -0.2) is 9.98 Å². The van der Waals surface area contributed by atoms with Gasteiger partial charge in [0.1, 0.15) is 12.4 Å². The van der Waals surface area contributed by atoms with Gasteiger partial charge in [-0.15, -0.1) is 30.6 Å². The van der Waals surface area contributed by atoms with Gasteiger partial charge >= 0.3 is 0 Å². The third kappa shape index (κ3) is 6.89. The van der Waals surface area contributed by atoms with Gasteiger partial charge in [-0.3, -0.25) is 4.79 Å². The monoisotopic (exact) mass is 458 g/mol. The number of carbonyl (C=O) groups is 1. The summed E-state index contributed by atoms with van der Waals surface area (Å²) in [4.78, 5) is 24.3. The normalized spacial score (nSPS) is 16.8. The molecule has 0 bridgehead atoms. The number of aliphatic imine (C=N–C) groups is 1. The molecule has 1 atom stereocenters. The molecule has 0 saturated carbocycles. The van der Waals surface area contributed by atoms with Crippen LogP contribution in [0.3, 0.4) is 0 Å². The Kier molecular flexibility index (Phi) is 9.25. The van der Waals surface area contributed by atoms with Crippen molar-refractivity contribution in [1.29, 1.82) is 0 Å². The fraction of sp³-hybridized carbons (Fsp3) is 0.471. The Morgan fingerprint density at radius 3 is 2.96 bits per heavy atom. The van der Waals surface area contributed by atoms with Gasteiger partial charge in [-0.2, -0.15) is 0 Å². The number of nitrogens with zero attached hydrogens (tertiary/aromatic N) is 4. The third-order valence-corrected chi connectivity index (χ3v) is 3.79. The number of pyridine rings is 1. The van der Waals surface area contributed by atoms with Crippen LogP contribution in [-0.4, -0.2) is 68.1 Å². The van der Waals surface area contributed by atoms with Crippen molar-refractivity contribution < 1.29 is 4.79 Å². The van der Waals surface area contributed by atoms with Crippen molar-refractivity contribution >= 4 is 41.7 Å². The highest BCUT2D eigenvalue weighted by Gasteiger charge is 2.24. The molecule has 0 aromatic carbocycles. The molecule has 0 spiro atoms. The molecule has 138 valence electrons. The van der Waals surface area contributed by atoms with Crippen LogP contribution in [0.15, 0.2) is 42.0 Å². The molecule has 7 nitrogen and oxygen atoms in total. The standard InChI is InChI=1S/C17H26N6O.HI/c1-4-9-19-17(20-12-16(24)22(2)3)21-14-8-11-23(13-14)15-7-5-6-10-18-15;/h4-7,10,14H,1,8-9,11-13H2,2-3H3,(H2,19,20,21);1H. The van der Waals surface area contributed by atoms with E-state index in [1.807, 2.05) is 24.4 Å². The minimum atomic E-state index is -0.0313. The van der Waals surface area contributed by atoms with Crippen LogP contribution >= 0.6 is 24.0 Å². The number of guanidine groups is 1. The number of nitrogens with one attached hydrogen (secondary N) is 2. The fourth-order valence-electron chi connectivity index (χ4n) is 2.43. The van der Waals surface area contributed by atoms with E-state index < -0.39 is 0 Å². The van der Waals surface area contributed by atoms with Crippen LogP contribution in [-0.2, 0) is 4.79 Å². The van der Waals surface area contributed by atoms with E-state index in [-0.39, 0.29) is 42.5 Å². The van der Waals surface area contributed by atoms with Crippen molar-refractivity contribution in [3.05, 3.63) is 37.1 Å². The van der Waals surface area contributed by atoms with Crippen LogP contribution in [0.2, 0.25) is 0 Å². The number of hydrogen-bond donors (Lipinski definition) is 2. The summed E-state index contributed by atoms with van der Waals surface area (Å²) in [5, 5.41) is 6.56. The van der Waals surface area contributed by atoms with E-state index in [4.69, 9.17) is 0 Å². The van der Waals surface area contributed by atoms with Crippen LogP contribution in [0.25, 0.3) is 0 Å². The van der Waals surface area contributed by atoms with E-state index in [0.29, 0.717) is 12.5 Å². The van der Waals surface area contributed by atoms with Gasteiger partial charge in [0, 0.05) is 46.0 Å². The lowest BCUT2D eigenvalue weighted by molar-refractivity contribution is -0.127. The molecule has 1 saturated heterocycles. The summed E-state index contributed by atoms with van der Waals surface area (Å²) in [6.07, 6.45) is 4.56. The summed E-state index contributed by atoms with van der Waals surface area (Å²) < 4.78 is 0. The molecule has 1 aromatic heterocycles. The number of halogens is 1. The molecular formula is C17H27IN6O. The van der Waals surface area contributed by atoms with Crippen molar-refractivity contribution in [2.45, 2.75) is 12.5 Å². The van der Waals surface area contributed by atoms with Gasteiger partial charge in [0.25, 0.3) is 0 Å². The fourth-order valence-corrected chi connectivity index (χ4v) is 2.43. The number of amides is 1. The number of carbonyl (C=O) groups excluding carboxylic acids is 1. The SMILES string of the molecule is C=CCNC(=NCC(=O)N(C)C)NC1CCN(c2ccccn2)C1.I. The maximum Gasteiger partial charge on any atom is 0.243 e. The molecule has 1 aliphatic rings. The quantitative estimate of drug-likeness (QED) is 0.289. The lowest BCUT2D eigenvalue weighted by Crippen LogP contribution is -2.45. The molecule has 1 aliphatic heterocycles. The first kappa shape index (κ1) is 21.2. The highest BCUT2D eigenvalue weighted by molar-refractivity contribution is 14.0. The van der Waals surface area contributed by atoms with Crippen molar-refractivity contribution in [3.63, 3.8) is 0 Å². The Balaban J connectivity index is 0.00000312. The van der Waals surface area contributed by atoms with Crippen LogP contribution in [0.5, 0.6) is 0 Å². The first-order chi connectivity index (χ1) is 11.6. The van der Waals surface area contributed by atoms with Gasteiger partial charge < -0.3 is 20.4 Å². The van der Waals surface area contributed by atoms with E-state index in [0.717, 1.165) is 25.3 Å². The highest BCUT2D eigenvalue weighted by Crippen LogP contribution is 2.17. The Labute approximate surface area is 166 Å². The maximum atomic E-state index is 11.7. The molecule has 0 aliphatic carbocycles. The molecule has 1 aromatic rings. The molecular weight excluding hydrogens is 431 g/mol. The zero-order chi connectivity index (χ0) is 17.4. The summed E-state index contributed by atoms with van der Waals surface area (Å²) in [7, 11) is 3.45. The molecule has 1 fully saturated rings. The molecule has 2 N–H and O–H groups in total. The third-order valence-electron chi connectivity index (χ3n) is 3.79. The Morgan fingerprint density at radius 1 is 1.52 bits per heavy atom. The maximum absolute atomic E-state index is 11.7. The molecule has 25 heavy (non-hydrogen) atoms. The topological polar surface area (TPSA) is 72.9 Å². The molecule has 1 unspecified atom stereocenters. The van der Waals surface area contributed by atoms with E-state index in [2.05, 4.69) is 32.1 Å². The van der Waals surface area contributed by atoms with E-state index in [9.17, 15) is 4.79 Å². The van der Waals surface area contributed by atoms with Gasteiger partial charge in [0.05, 0.1) is 0 Å². The zero-order valence-corrected chi connectivity index (χ0v) is 17.1. The summed E-state index contributed by atoms with van der Waals surface area (Å²) in [6.45, 7) is 6.22. The van der Waals surface area contributed by atoms with Crippen molar-refractivity contribution in [1.82, 2.24) is 20.5 Å². The van der Waals surface area contributed by atoms with Crippen LogP contribution in [0.1, 0.15) is 6.42 Å². The second-order valence-corrected chi connectivity index (χ2v) is 5.89. The predicted octanol–water partition coefficient (Wildman–Crippen LogP) is 1.09. The van der Waals surface area contributed by atoms with Crippen molar-refractivity contribution in [3.8, 4) is 0 Å². The molecule has 0 radical (unpaired) electrons. The molecule has 1 amide bonds. The smallest absolute Gasteiger partial charge is 0.243 e. The molecule has 2 heterocycles. The highest BCUT2D eigenvalue weighted by atomic mass is 127.